The first-order valence-corrected chi connectivity index (χ1v) is 6.47. The smallest absolute Gasteiger partial charge is 0.295 e. The average Bonchev–Trinajstić information content (AvgIpc) is 2.75. The van der Waals surface area contributed by atoms with Crippen molar-refractivity contribution < 1.29 is 9.59 Å². The predicted molar refractivity (Wildman–Crippen MR) is 64.1 cm³/mol. The number of hydrogen-bond acceptors (Lipinski definition) is 3. The molecule has 86 valence electrons. The Balaban J connectivity index is 2.06. The lowest BCUT2D eigenvalue weighted by atomic mass is 10.1. The van der Waals surface area contributed by atoms with Crippen LogP contribution in [0.5, 0.6) is 0 Å². The number of halogens is 1. The molecule has 0 atom stereocenters. The number of nitrogens with zero attached hydrogens (tertiary/aromatic N) is 1. The summed E-state index contributed by atoms with van der Waals surface area (Å²) in [5, 5.41) is 0. The van der Waals surface area contributed by atoms with Gasteiger partial charge in [-0.3, -0.25) is 9.59 Å². The van der Waals surface area contributed by atoms with Gasteiger partial charge in [0.2, 0.25) is 0 Å². The molecular formula is C11H12ClNO2S. The molecule has 16 heavy (non-hydrogen) atoms. The number of piperidine rings is 1. The minimum absolute atomic E-state index is 0.391. The Hall–Kier alpha value is -0.870. The molecule has 0 unspecified atom stereocenters. The summed E-state index contributed by atoms with van der Waals surface area (Å²) in [7, 11) is 0. The average molecular weight is 258 g/mol. The number of carbonyl (C=O) groups excluding carboxylic acids is 2. The molecule has 1 amide bonds. The van der Waals surface area contributed by atoms with Crippen molar-refractivity contribution >= 4 is 34.6 Å². The summed E-state index contributed by atoms with van der Waals surface area (Å²) in [6, 6.07) is 3.25. The van der Waals surface area contributed by atoms with Gasteiger partial charge in [0.25, 0.3) is 11.7 Å². The molecule has 0 aliphatic carbocycles. The van der Waals surface area contributed by atoms with Gasteiger partial charge in [-0.25, -0.2) is 0 Å². The van der Waals surface area contributed by atoms with Crippen molar-refractivity contribution in [2.75, 3.05) is 13.1 Å². The van der Waals surface area contributed by atoms with E-state index in [1.54, 1.807) is 17.0 Å². The number of likely N-dealkylation sites (tertiary alicyclic amines) is 1. The van der Waals surface area contributed by atoms with E-state index in [9.17, 15) is 9.59 Å². The standard InChI is InChI=1S/C11H12ClNO2S/c12-9-5-4-8(16-9)10(14)11(15)13-6-2-1-3-7-13/h4-5H,1-3,6-7H2. The van der Waals surface area contributed by atoms with Crippen LogP contribution >= 0.6 is 22.9 Å². The van der Waals surface area contributed by atoms with Gasteiger partial charge in [-0.2, -0.15) is 0 Å². The lowest BCUT2D eigenvalue weighted by molar-refractivity contribution is -0.127. The van der Waals surface area contributed by atoms with E-state index in [2.05, 4.69) is 0 Å². The van der Waals surface area contributed by atoms with Crippen LogP contribution < -0.4 is 0 Å². The van der Waals surface area contributed by atoms with E-state index in [4.69, 9.17) is 11.6 Å². The second-order valence-corrected chi connectivity index (χ2v) is 5.50. The molecule has 0 saturated carbocycles. The lowest BCUT2D eigenvalue weighted by Crippen LogP contribution is -2.39. The normalized spacial score (nSPS) is 16.2. The molecule has 0 N–H and O–H groups in total. The monoisotopic (exact) mass is 257 g/mol. The van der Waals surface area contributed by atoms with Crippen molar-refractivity contribution in [2.24, 2.45) is 0 Å². The van der Waals surface area contributed by atoms with Gasteiger partial charge in [0.05, 0.1) is 9.21 Å². The fourth-order valence-electron chi connectivity index (χ4n) is 1.78. The van der Waals surface area contributed by atoms with Gasteiger partial charge in [0.15, 0.2) is 0 Å². The highest BCUT2D eigenvalue weighted by atomic mass is 35.5. The Morgan fingerprint density at radius 2 is 1.88 bits per heavy atom. The maximum Gasteiger partial charge on any atom is 0.295 e. The van der Waals surface area contributed by atoms with Crippen LogP contribution in [0, 0.1) is 0 Å². The summed E-state index contributed by atoms with van der Waals surface area (Å²) in [5.74, 6) is -0.822. The Morgan fingerprint density at radius 3 is 2.44 bits per heavy atom. The summed E-state index contributed by atoms with van der Waals surface area (Å²) in [6.07, 6.45) is 3.12. The highest BCUT2D eigenvalue weighted by Gasteiger charge is 2.25. The van der Waals surface area contributed by atoms with Gasteiger partial charge in [0.1, 0.15) is 0 Å². The highest BCUT2D eigenvalue weighted by molar-refractivity contribution is 7.18. The Morgan fingerprint density at radius 1 is 1.19 bits per heavy atom. The van der Waals surface area contributed by atoms with Crippen LogP contribution in [0.25, 0.3) is 0 Å². The van der Waals surface area contributed by atoms with Gasteiger partial charge in [0, 0.05) is 13.1 Å². The first-order valence-electron chi connectivity index (χ1n) is 5.27. The van der Waals surface area contributed by atoms with Crippen molar-refractivity contribution in [1.82, 2.24) is 4.90 Å². The fourth-order valence-corrected chi connectivity index (χ4v) is 2.76. The maximum absolute atomic E-state index is 11.8. The molecule has 1 saturated heterocycles. The van der Waals surface area contributed by atoms with E-state index in [1.165, 1.54) is 0 Å². The molecule has 0 radical (unpaired) electrons. The molecule has 0 aromatic carbocycles. The second kappa shape index (κ2) is 4.97. The first kappa shape index (κ1) is 11.6. The minimum atomic E-state index is -0.432. The number of Topliss-reactive ketones (excluding diaryl/α,β-unsaturated/α-hetero) is 1. The highest BCUT2D eigenvalue weighted by Crippen LogP contribution is 2.22. The van der Waals surface area contributed by atoms with Crippen LogP contribution in [0.4, 0.5) is 0 Å². The Kier molecular flexibility index (Phi) is 3.61. The summed E-state index contributed by atoms with van der Waals surface area (Å²) >= 11 is 6.89. The number of rotatable bonds is 2. The van der Waals surface area contributed by atoms with E-state index in [0.717, 1.165) is 30.6 Å². The van der Waals surface area contributed by atoms with Crippen molar-refractivity contribution in [2.45, 2.75) is 19.3 Å². The minimum Gasteiger partial charge on any atom is -0.336 e. The molecule has 3 nitrogen and oxygen atoms in total. The maximum atomic E-state index is 11.8. The second-order valence-electron chi connectivity index (χ2n) is 3.79. The van der Waals surface area contributed by atoms with Crippen LogP contribution in [0.15, 0.2) is 12.1 Å². The number of hydrogen-bond donors (Lipinski definition) is 0. The number of ketones is 1. The fraction of sp³-hybridized carbons (Fsp3) is 0.455. The molecular weight excluding hydrogens is 246 g/mol. The molecule has 2 rings (SSSR count). The van der Waals surface area contributed by atoms with E-state index in [1.807, 2.05) is 0 Å². The molecule has 0 spiro atoms. The quantitative estimate of drug-likeness (QED) is 0.603. The summed E-state index contributed by atoms with van der Waals surface area (Å²) < 4.78 is 0.537. The number of amides is 1. The summed E-state index contributed by atoms with van der Waals surface area (Å²) in [4.78, 5) is 25.7. The van der Waals surface area contributed by atoms with Crippen molar-refractivity contribution in [3.05, 3.63) is 21.3 Å². The first-order chi connectivity index (χ1) is 7.68. The van der Waals surface area contributed by atoms with Gasteiger partial charge in [-0.15, -0.1) is 11.3 Å². The Labute approximate surface area is 103 Å². The number of thiophene rings is 1. The Bertz CT molecular complexity index is 410. The third-order valence-electron chi connectivity index (χ3n) is 2.63. The van der Waals surface area contributed by atoms with Crippen LogP contribution in [-0.4, -0.2) is 29.7 Å². The SMILES string of the molecule is O=C(C(=O)N1CCCCC1)c1ccc(Cl)s1. The van der Waals surface area contributed by atoms with Crippen LogP contribution in [0.1, 0.15) is 28.9 Å². The van der Waals surface area contributed by atoms with Crippen molar-refractivity contribution in [3.63, 3.8) is 0 Å². The van der Waals surface area contributed by atoms with E-state index >= 15 is 0 Å². The molecule has 1 aliphatic heterocycles. The predicted octanol–water partition coefficient (Wildman–Crippen LogP) is 2.60. The third-order valence-corrected chi connectivity index (χ3v) is 3.86. The van der Waals surface area contributed by atoms with Crippen LogP contribution in [-0.2, 0) is 4.79 Å². The largest absolute Gasteiger partial charge is 0.336 e. The van der Waals surface area contributed by atoms with Crippen LogP contribution in [0.2, 0.25) is 4.34 Å². The summed E-state index contributed by atoms with van der Waals surface area (Å²) in [6.45, 7) is 1.40. The van der Waals surface area contributed by atoms with Crippen molar-refractivity contribution in [1.29, 1.82) is 0 Å². The zero-order chi connectivity index (χ0) is 11.5. The van der Waals surface area contributed by atoms with Crippen LogP contribution in [0.3, 0.4) is 0 Å². The zero-order valence-corrected chi connectivity index (χ0v) is 10.3. The molecule has 5 heteroatoms. The molecule has 1 aliphatic rings. The topological polar surface area (TPSA) is 37.4 Å². The van der Waals surface area contributed by atoms with Gasteiger partial charge < -0.3 is 4.90 Å². The van der Waals surface area contributed by atoms with Gasteiger partial charge in [-0.1, -0.05) is 11.6 Å². The molecule has 0 bridgehead atoms. The van der Waals surface area contributed by atoms with E-state index in [-0.39, 0.29) is 0 Å². The van der Waals surface area contributed by atoms with E-state index < -0.39 is 11.7 Å². The summed E-state index contributed by atoms with van der Waals surface area (Å²) in [5.41, 5.74) is 0. The third kappa shape index (κ3) is 2.44. The van der Waals surface area contributed by atoms with Gasteiger partial charge in [-0.05, 0) is 31.4 Å². The van der Waals surface area contributed by atoms with E-state index in [0.29, 0.717) is 22.3 Å². The molecule has 2 heterocycles. The lowest BCUT2D eigenvalue weighted by Gasteiger charge is -2.25. The molecule has 1 aromatic heterocycles. The molecule has 1 fully saturated rings. The van der Waals surface area contributed by atoms with Crippen molar-refractivity contribution in [3.8, 4) is 0 Å². The zero-order valence-electron chi connectivity index (χ0n) is 8.74. The van der Waals surface area contributed by atoms with Gasteiger partial charge >= 0.3 is 0 Å². The molecule has 1 aromatic rings. The number of carbonyl (C=O) groups is 2.